The first-order valence-corrected chi connectivity index (χ1v) is 7.83. The fraction of sp³-hybridized carbons (Fsp3) is 0.353. The number of hydrogen-bond acceptors (Lipinski definition) is 5. The lowest BCUT2D eigenvalue weighted by atomic mass is 10.0. The molecule has 1 atom stereocenters. The molecule has 1 amide bonds. The van der Waals surface area contributed by atoms with Gasteiger partial charge in [-0.2, -0.15) is 0 Å². The van der Waals surface area contributed by atoms with Gasteiger partial charge in [-0.3, -0.25) is 4.79 Å². The first-order chi connectivity index (χ1) is 11.6. The highest BCUT2D eigenvalue weighted by Crippen LogP contribution is 2.18. The second-order valence-electron chi connectivity index (χ2n) is 5.77. The maximum atomic E-state index is 12.1. The third kappa shape index (κ3) is 3.52. The monoisotopic (exact) mass is 328 g/mol. The van der Waals surface area contributed by atoms with Crippen LogP contribution in [0.3, 0.4) is 0 Å². The highest BCUT2D eigenvalue weighted by molar-refractivity contribution is 5.85. The summed E-state index contributed by atoms with van der Waals surface area (Å²) in [7, 11) is 0. The van der Waals surface area contributed by atoms with E-state index < -0.39 is 11.5 Å². The average Bonchev–Trinajstić information content (AvgIpc) is 3.23. The highest BCUT2D eigenvalue weighted by Gasteiger charge is 2.39. The number of amides is 1. The Hall–Kier alpha value is -2.51. The molecule has 1 aromatic carbocycles. The van der Waals surface area contributed by atoms with Gasteiger partial charge in [0.25, 0.3) is 5.91 Å². The molecule has 0 radical (unpaired) electrons. The number of benzene rings is 1. The molecule has 7 heteroatoms. The van der Waals surface area contributed by atoms with Crippen molar-refractivity contribution in [2.24, 2.45) is 0 Å². The number of nitrogens with one attached hydrogen (secondary N) is 1. The minimum absolute atomic E-state index is 0.0472. The zero-order valence-corrected chi connectivity index (χ0v) is 13.5. The first kappa shape index (κ1) is 16.4. The first-order valence-electron chi connectivity index (χ1n) is 7.83. The fourth-order valence-corrected chi connectivity index (χ4v) is 2.54. The summed E-state index contributed by atoms with van der Waals surface area (Å²) < 4.78 is 6.78. The molecule has 1 saturated heterocycles. The van der Waals surface area contributed by atoms with E-state index in [4.69, 9.17) is 4.74 Å². The molecule has 24 heavy (non-hydrogen) atoms. The van der Waals surface area contributed by atoms with Gasteiger partial charge in [0.05, 0.1) is 25.1 Å². The Balaban J connectivity index is 1.67. The lowest BCUT2D eigenvalue weighted by molar-refractivity contribution is -0.139. The third-order valence-corrected chi connectivity index (χ3v) is 3.90. The van der Waals surface area contributed by atoms with Crippen LogP contribution in [0.4, 0.5) is 0 Å². The molecule has 1 unspecified atom stereocenters. The molecule has 1 fully saturated rings. The Morgan fingerprint density at radius 1 is 1.54 bits per heavy atom. The van der Waals surface area contributed by atoms with E-state index in [1.807, 2.05) is 49.5 Å². The lowest BCUT2D eigenvalue weighted by Gasteiger charge is -2.19. The largest absolute Gasteiger partial charge is 0.378 e. The molecule has 2 N–H and O–H groups in total. The molecule has 2 heterocycles. The minimum Gasteiger partial charge on any atom is -0.378 e. The second-order valence-corrected chi connectivity index (χ2v) is 5.77. The smallest absolute Gasteiger partial charge is 0.254 e. The summed E-state index contributed by atoms with van der Waals surface area (Å²) in [6.07, 6.45) is 5.93. The van der Waals surface area contributed by atoms with Crippen LogP contribution in [0.1, 0.15) is 24.6 Å². The SMILES string of the molecule is C/C=C/c1cn(-c2cccc(CNC(=O)C3(O)CCOC3)c2)nn1. The fourth-order valence-electron chi connectivity index (χ4n) is 2.54. The topological polar surface area (TPSA) is 89.3 Å². The standard InChI is InChI=1S/C17H20N4O3/c1-2-4-14-11-21(20-19-14)15-6-3-5-13(9-15)10-18-16(22)17(23)7-8-24-12-17/h2-6,9,11,23H,7-8,10,12H2,1H3,(H,18,22)/b4-2+. The van der Waals surface area contributed by atoms with Crippen LogP contribution in [0.5, 0.6) is 0 Å². The molecule has 7 nitrogen and oxygen atoms in total. The molecule has 126 valence electrons. The molecule has 0 spiro atoms. The summed E-state index contributed by atoms with van der Waals surface area (Å²) in [4.78, 5) is 12.1. The molecule has 0 bridgehead atoms. The Kier molecular flexibility index (Phi) is 4.73. The number of carbonyl (C=O) groups excluding carboxylic acids is 1. The number of aliphatic hydroxyl groups is 1. The van der Waals surface area contributed by atoms with Crippen molar-refractivity contribution in [2.75, 3.05) is 13.2 Å². The summed E-state index contributed by atoms with van der Waals surface area (Å²) in [5.41, 5.74) is 1.13. The van der Waals surface area contributed by atoms with Crippen LogP contribution in [0.25, 0.3) is 11.8 Å². The van der Waals surface area contributed by atoms with Crippen LogP contribution in [0.15, 0.2) is 36.5 Å². The van der Waals surface area contributed by atoms with Gasteiger partial charge in [-0.05, 0) is 30.7 Å². The van der Waals surface area contributed by atoms with Crippen LogP contribution < -0.4 is 5.32 Å². The molecule has 2 aromatic rings. The minimum atomic E-state index is -1.41. The summed E-state index contributed by atoms with van der Waals surface area (Å²) in [6, 6.07) is 7.63. The number of carbonyl (C=O) groups is 1. The zero-order valence-electron chi connectivity index (χ0n) is 13.5. The Bertz CT molecular complexity index is 748. The van der Waals surface area contributed by atoms with Gasteiger partial charge in [-0.1, -0.05) is 23.4 Å². The quantitative estimate of drug-likeness (QED) is 0.857. The van der Waals surface area contributed by atoms with Crippen molar-refractivity contribution in [1.29, 1.82) is 0 Å². The second kappa shape index (κ2) is 6.94. The molecule has 3 rings (SSSR count). The van der Waals surface area contributed by atoms with Crippen LogP contribution >= 0.6 is 0 Å². The molecule has 1 aliphatic rings. The van der Waals surface area contributed by atoms with Gasteiger partial charge in [-0.25, -0.2) is 4.68 Å². The molecule has 1 aliphatic heterocycles. The van der Waals surface area contributed by atoms with Gasteiger partial charge < -0.3 is 15.2 Å². The van der Waals surface area contributed by atoms with Gasteiger partial charge in [0.15, 0.2) is 5.60 Å². The van der Waals surface area contributed by atoms with E-state index in [0.29, 0.717) is 19.6 Å². The number of hydrogen-bond donors (Lipinski definition) is 2. The van der Waals surface area contributed by atoms with E-state index >= 15 is 0 Å². The molecular weight excluding hydrogens is 308 g/mol. The summed E-state index contributed by atoms with van der Waals surface area (Å²) in [5.74, 6) is -0.401. The summed E-state index contributed by atoms with van der Waals surface area (Å²) in [5, 5.41) is 21.1. The van der Waals surface area contributed by atoms with E-state index in [0.717, 1.165) is 16.9 Å². The van der Waals surface area contributed by atoms with Crippen molar-refractivity contribution in [3.63, 3.8) is 0 Å². The Morgan fingerprint density at radius 3 is 3.17 bits per heavy atom. The number of allylic oxidation sites excluding steroid dienone is 1. The van der Waals surface area contributed by atoms with Gasteiger partial charge >= 0.3 is 0 Å². The normalized spacial score (nSPS) is 20.6. The van der Waals surface area contributed by atoms with Crippen molar-refractivity contribution in [2.45, 2.75) is 25.5 Å². The van der Waals surface area contributed by atoms with Gasteiger partial charge in [0.2, 0.25) is 0 Å². The van der Waals surface area contributed by atoms with E-state index in [2.05, 4.69) is 15.6 Å². The number of aromatic nitrogens is 3. The number of ether oxygens (including phenoxy) is 1. The van der Waals surface area contributed by atoms with Crippen LogP contribution in [-0.4, -0.2) is 44.8 Å². The van der Waals surface area contributed by atoms with Crippen LogP contribution in [-0.2, 0) is 16.1 Å². The van der Waals surface area contributed by atoms with E-state index in [1.54, 1.807) is 4.68 Å². The van der Waals surface area contributed by atoms with E-state index in [1.165, 1.54) is 0 Å². The molecule has 0 saturated carbocycles. The van der Waals surface area contributed by atoms with Gasteiger partial charge in [0, 0.05) is 13.0 Å². The average molecular weight is 328 g/mol. The Morgan fingerprint density at radius 2 is 2.42 bits per heavy atom. The summed E-state index contributed by atoms with van der Waals surface area (Å²) in [6.45, 7) is 2.70. The summed E-state index contributed by atoms with van der Waals surface area (Å²) >= 11 is 0. The number of rotatable bonds is 5. The van der Waals surface area contributed by atoms with Gasteiger partial charge in [0.1, 0.15) is 5.69 Å². The van der Waals surface area contributed by atoms with Crippen molar-refractivity contribution in [3.8, 4) is 5.69 Å². The van der Waals surface area contributed by atoms with Gasteiger partial charge in [-0.15, -0.1) is 5.10 Å². The number of nitrogens with zero attached hydrogens (tertiary/aromatic N) is 3. The van der Waals surface area contributed by atoms with Crippen molar-refractivity contribution >= 4 is 12.0 Å². The van der Waals surface area contributed by atoms with Crippen molar-refractivity contribution in [1.82, 2.24) is 20.3 Å². The predicted molar refractivity (Wildman–Crippen MR) is 88.3 cm³/mol. The maximum absolute atomic E-state index is 12.1. The van der Waals surface area contributed by atoms with Crippen LogP contribution in [0.2, 0.25) is 0 Å². The van der Waals surface area contributed by atoms with Crippen molar-refractivity contribution in [3.05, 3.63) is 47.8 Å². The van der Waals surface area contributed by atoms with Crippen LogP contribution in [0, 0.1) is 0 Å². The zero-order chi connectivity index (χ0) is 17.0. The lowest BCUT2D eigenvalue weighted by Crippen LogP contribution is -2.47. The highest BCUT2D eigenvalue weighted by atomic mass is 16.5. The van der Waals surface area contributed by atoms with Crippen molar-refractivity contribution < 1.29 is 14.6 Å². The molecular formula is C17H20N4O3. The van der Waals surface area contributed by atoms with E-state index in [-0.39, 0.29) is 6.61 Å². The third-order valence-electron chi connectivity index (χ3n) is 3.90. The Labute approximate surface area is 139 Å². The maximum Gasteiger partial charge on any atom is 0.254 e. The predicted octanol–water partition coefficient (Wildman–Crippen LogP) is 1.07. The molecule has 0 aliphatic carbocycles. The molecule has 1 aromatic heterocycles. The van der Waals surface area contributed by atoms with E-state index in [9.17, 15) is 9.90 Å².